The van der Waals surface area contributed by atoms with Crippen LogP contribution < -0.4 is 0 Å². The van der Waals surface area contributed by atoms with Gasteiger partial charge in [0.1, 0.15) is 11.9 Å². The van der Waals surface area contributed by atoms with E-state index in [9.17, 15) is 4.79 Å². The third-order valence-electron chi connectivity index (χ3n) is 2.24. The summed E-state index contributed by atoms with van der Waals surface area (Å²) in [5, 5.41) is 0. The lowest BCUT2D eigenvalue weighted by Crippen LogP contribution is -2.21. The third kappa shape index (κ3) is 2.72. The average molecular weight is 231 g/mol. The lowest BCUT2D eigenvalue weighted by atomic mass is 10.1. The van der Waals surface area contributed by atoms with Gasteiger partial charge in [-0.3, -0.25) is 0 Å². The molecule has 5 heteroatoms. The molecule has 0 radical (unpaired) electrons. The number of hydrogen-bond acceptors (Lipinski definition) is 3. The van der Waals surface area contributed by atoms with E-state index in [1.54, 1.807) is 17.0 Å². The summed E-state index contributed by atoms with van der Waals surface area (Å²) in [6.07, 6.45) is 5.03. The number of esters is 1. The van der Waals surface area contributed by atoms with Crippen molar-refractivity contribution in [2.75, 3.05) is 7.11 Å². The Hall–Kier alpha value is -1.03. The van der Waals surface area contributed by atoms with Crippen molar-refractivity contribution in [2.24, 2.45) is 0 Å². The first-order valence-corrected chi connectivity index (χ1v) is 5.43. The molecule has 1 aromatic heterocycles. The Morgan fingerprint density at radius 1 is 1.73 bits per heavy atom. The van der Waals surface area contributed by atoms with Gasteiger partial charge in [-0.25, -0.2) is 9.78 Å². The second-order valence-corrected chi connectivity index (χ2v) is 3.48. The quantitative estimate of drug-likeness (QED) is 0.575. The Labute approximate surface area is 94.2 Å². The van der Waals surface area contributed by atoms with Crippen molar-refractivity contribution >= 4 is 17.6 Å². The standard InChI is InChI=1S/C10H15ClN2O2/c1-3-4-8(10(14)15-2)13-6-5-12-9(13)7-11/h5-6,8H,3-4,7H2,1-2H3. The number of methoxy groups -OCH3 is 1. The van der Waals surface area contributed by atoms with Gasteiger partial charge in [-0.15, -0.1) is 11.6 Å². The van der Waals surface area contributed by atoms with Crippen LogP contribution >= 0.6 is 11.6 Å². The van der Waals surface area contributed by atoms with Gasteiger partial charge >= 0.3 is 5.97 Å². The molecule has 1 heterocycles. The normalized spacial score (nSPS) is 12.5. The van der Waals surface area contributed by atoms with Crippen LogP contribution in [0.3, 0.4) is 0 Å². The van der Waals surface area contributed by atoms with Gasteiger partial charge < -0.3 is 9.30 Å². The zero-order valence-electron chi connectivity index (χ0n) is 8.94. The molecule has 1 unspecified atom stereocenters. The van der Waals surface area contributed by atoms with Crippen LogP contribution in [-0.4, -0.2) is 22.6 Å². The molecule has 0 spiro atoms. The van der Waals surface area contributed by atoms with Gasteiger partial charge in [0.2, 0.25) is 0 Å². The number of aromatic nitrogens is 2. The minimum Gasteiger partial charge on any atom is -0.467 e. The Kier molecular flexibility index (Phi) is 4.62. The summed E-state index contributed by atoms with van der Waals surface area (Å²) in [5.74, 6) is 0.742. The zero-order valence-corrected chi connectivity index (χ0v) is 9.70. The number of nitrogens with zero attached hydrogens (tertiary/aromatic N) is 2. The van der Waals surface area contributed by atoms with Crippen molar-refractivity contribution in [1.82, 2.24) is 9.55 Å². The average Bonchev–Trinajstić information content (AvgIpc) is 2.72. The highest BCUT2D eigenvalue weighted by atomic mass is 35.5. The minimum absolute atomic E-state index is 0.249. The molecule has 1 aromatic rings. The lowest BCUT2D eigenvalue weighted by Gasteiger charge is -2.17. The van der Waals surface area contributed by atoms with Crippen molar-refractivity contribution in [3.63, 3.8) is 0 Å². The lowest BCUT2D eigenvalue weighted by molar-refractivity contribution is -0.144. The second-order valence-electron chi connectivity index (χ2n) is 3.21. The van der Waals surface area contributed by atoms with Crippen LogP contribution in [0.2, 0.25) is 0 Å². The topological polar surface area (TPSA) is 44.1 Å². The first-order chi connectivity index (χ1) is 7.24. The van der Waals surface area contributed by atoms with Gasteiger partial charge in [-0.2, -0.15) is 0 Å². The molecule has 0 aliphatic rings. The van der Waals surface area contributed by atoms with E-state index in [-0.39, 0.29) is 12.0 Å². The molecule has 0 amide bonds. The molecule has 84 valence electrons. The molecule has 15 heavy (non-hydrogen) atoms. The molecule has 0 saturated heterocycles. The van der Waals surface area contributed by atoms with Gasteiger partial charge in [0, 0.05) is 12.4 Å². The van der Waals surface area contributed by atoms with E-state index in [0.717, 1.165) is 12.8 Å². The van der Waals surface area contributed by atoms with Crippen LogP contribution in [0.25, 0.3) is 0 Å². The van der Waals surface area contributed by atoms with Crippen molar-refractivity contribution in [3.8, 4) is 0 Å². The predicted octanol–water partition coefficient (Wildman–Crippen LogP) is 2.14. The molecule has 0 fully saturated rings. The fourth-order valence-electron chi connectivity index (χ4n) is 1.51. The minimum atomic E-state index is -0.309. The number of alkyl halides is 1. The fraction of sp³-hybridized carbons (Fsp3) is 0.600. The Balaban J connectivity index is 2.92. The van der Waals surface area contributed by atoms with Gasteiger partial charge in [0.15, 0.2) is 0 Å². The number of imidazole rings is 1. The van der Waals surface area contributed by atoms with E-state index >= 15 is 0 Å². The van der Waals surface area contributed by atoms with Crippen LogP contribution in [0.1, 0.15) is 31.6 Å². The van der Waals surface area contributed by atoms with Gasteiger partial charge in [-0.05, 0) is 6.42 Å². The molecule has 0 N–H and O–H groups in total. The summed E-state index contributed by atoms with van der Waals surface area (Å²) in [6, 6.07) is -0.309. The highest BCUT2D eigenvalue weighted by Crippen LogP contribution is 2.18. The monoisotopic (exact) mass is 230 g/mol. The van der Waals surface area contributed by atoms with Gasteiger partial charge in [0.25, 0.3) is 0 Å². The second kappa shape index (κ2) is 5.75. The number of halogens is 1. The molecule has 1 rings (SSSR count). The summed E-state index contributed by atoms with van der Waals surface area (Å²) < 4.78 is 6.54. The van der Waals surface area contributed by atoms with Gasteiger partial charge in [0.05, 0.1) is 13.0 Å². The van der Waals surface area contributed by atoms with E-state index in [1.807, 2.05) is 6.92 Å². The molecule has 0 saturated carbocycles. The highest BCUT2D eigenvalue weighted by molar-refractivity contribution is 6.16. The van der Waals surface area contributed by atoms with Crippen LogP contribution in [0, 0.1) is 0 Å². The maximum atomic E-state index is 11.6. The third-order valence-corrected chi connectivity index (χ3v) is 2.48. The first-order valence-electron chi connectivity index (χ1n) is 4.90. The van der Waals surface area contributed by atoms with E-state index in [1.165, 1.54) is 7.11 Å². The van der Waals surface area contributed by atoms with Crippen molar-refractivity contribution in [3.05, 3.63) is 18.2 Å². The SMILES string of the molecule is CCCC(C(=O)OC)n1ccnc1CCl. The largest absolute Gasteiger partial charge is 0.467 e. The number of ether oxygens (including phenoxy) is 1. The summed E-state index contributed by atoms with van der Waals surface area (Å²) in [4.78, 5) is 15.6. The van der Waals surface area contributed by atoms with E-state index < -0.39 is 0 Å². The van der Waals surface area contributed by atoms with E-state index in [4.69, 9.17) is 16.3 Å². The number of hydrogen-bond donors (Lipinski definition) is 0. The first kappa shape index (κ1) is 12.0. The predicted molar refractivity (Wildman–Crippen MR) is 57.7 cm³/mol. The molecular weight excluding hydrogens is 216 g/mol. The summed E-state index contributed by atoms with van der Waals surface area (Å²) in [6.45, 7) is 2.02. The Bertz CT molecular complexity index is 325. The van der Waals surface area contributed by atoms with Crippen LogP contribution in [-0.2, 0) is 15.4 Å². The van der Waals surface area contributed by atoms with Crippen LogP contribution in [0.4, 0.5) is 0 Å². The Morgan fingerprint density at radius 2 is 2.47 bits per heavy atom. The van der Waals surface area contributed by atoms with Crippen molar-refractivity contribution in [2.45, 2.75) is 31.7 Å². The van der Waals surface area contributed by atoms with E-state index in [0.29, 0.717) is 11.7 Å². The van der Waals surface area contributed by atoms with Crippen molar-refractivity contribution < 1.29 is 9.53 Å². The molecular formula is C10H15ClN2O2. The molecule has 0 aromatic carbocycles. The fourth-order valence-corrected chi connectivity index (χ4v) is 1.72. The Morgan fingerprint density at radius 3 is 3.00 bits per heavy atom. The highest BCUT2D eigenvalue weighted by Gasteiger charge is 2.21. The van der Waals surface area contributed by atoms with Crippen molar-refractivity contribution in [1.29, 1.82) is 0 Å². The molecule has 0 aliphatic heterocycles. The summed E-state index contributed by atoms with van der Waals surface area (Å²) in [7, 11) is 1.39. The number of carbonyl (C=O) groups excluding carboxylic acids is 1. The van der Waals surface area contributed by atoms with E-state index in [2.05, 4.69) is 4.98 Å². The molecule has 4 nitrogen and oxygen atoms in total. The number of carbonyl (C=O) groups is 1. The maximum Gasteiger partial charge on any atom is 0.328 e. The maximum absolute atomic E-state index is 11.6. The zero-order chi connectivity index (χ0) is 11.3. The van der Waals surface area contributed by atoms with Crippen LogP contribution in [0.5, 0.6) is 0 Å². The smallest absolute Gasteiger partial charge is 0.328 e. The molecule has 0 bridgehead atoms. The number of rotatable bonds is 5. The summed E-state index contributed by atoms with van der Waals surface area (Å²) in [5.41, 5.74) is 0. The molecule has 1 atom stereocenters. The van der Waals surface area contributed by atoms with Crippen LogP contribution in [0.15, 0.2) is 12.4 Å². The van der Waals surface area contributed by atoms with Gasteiger partial charge in [-0.1, -0.05) is 13.3 Å². The summed E-state index contributed by atoms with van der Waals surface area (Å²) >= 11 is 5.73. The molecule has 0 aliphatic carbocycles.